The molecule has 4 aromatic rings. The SMILES string of the molecule is COc1ccc([C@H]2c3cc(OC)c(OC)cc3CCN2C(=O)c2ccc(-c3ccccc3)cc2)cc1OC. The van der Waals surface area contributed by atoms with Crippen LogP contribution in [0.15, 0.2) is 84.9 Å². The van der Waals surface area contributed by atoms with Gasteiger partial charge in [-0.15, -0.1) is 0 Å². The summed E-state index contributed by atoms with van der Waals surface area (Å²) in [6.07, 6.45) is 0.702. The van der Waals surface area contributed by atoms with Crippen LogP contribution >= 0.6 is 0 Å². The first-order valence-corrected chi connectivity index (χ1v) is 12.5. The lowest BCUT2D eigenvalue weighted by Gasteiger charge is -2.38. The van der Waals surface area contributed by atoms with Gasteiger partial charge in [-0.25, -0.2) is 0 Å². The van der Waals surface area contributed by atoms with Crippen LogP contribution in [0.4, 0.5) is 0 Å². The second kappa shape index (κ2) is 10.9. The second-order valence-electron chi connectivity index (χ2n) is 9.11. The Morgan fingerprint density at radius 3 is 1.95 bits per heavy atom. The van der Waals surface area contributed by atoms with Crippen molar-refractivity contribution >= 4 is 5.91 Å². The van der Waals surface area contributed by atoms with E-state index in [-0.39, 0.29) is 11.9 Å². The average Bonchev–Trinajstić information content (AvgIpc) is 2.99. The van der Waals surface area contributed by atoms with Gasteiger partial charge in [0.15, 0.2) is 23.0 Å². The minimum Gasteiger partial charge on any atom is -0.493 e. The van der Waals surface area contributed by atoms with E-state index in [9.17, 15) is 4.79 Å². The second-order valence-corrected chi connectivity index (χ2v) is 9.11. The number of ether oxygens (including phenoxy) is 4. The normalized spacial score (nSPS) is 14.4. The van der Waals surface area contributed by atoms with Gasteiger partial charge in [-0.3, -0.25) is 4.79 Å². The summed E-state index contributed by atoms with van der Waals surface area (Å²) >= 11 is 0. The maximum absolute atomic E-state index is 14.0. The summed E-state index contributed by atoms with van der Waals surface area (Å²) in [5.74, 6) is 2.50. The molecule has 6 heteroatoms. The van der Waals surface area contributed by atoms with Gasteiger partial charge >= 0.3 is 0 Å². The van der Waals surface area contributed by atoms with E-state index in [0.717, 1.165) is 27.8 Å². The van der Waals surface area contributed by atoms with E-state index >= 15 is 0 Å². The lowest BCUT2D eigenvalue weighted by molar-refractivity contribution is 0.0694. The highest BCUT2D eigenvalue weighted by Crippen LogP contribution is 2.43. The summed E-state index contributed by atoms with van der Waals surface area (Å²) in [4.78, 5) is 15.9. The zero-order valence-electron chi connectivity index (χ0n) is 22.1. The van der Waals surface area contributed by atoms with Gasteiger partial charge < -0.3 is 23.8 Å². The number of methoxy groups -OCH3 is 4. The molecular formula is C32H31NO5. The molecule has 5 rings (SSSR count). The van der Waals surface area contributed by atoms with E-state index in [1.54, 1.807) is 28.4 Å². The van der Waals surface area contributed by atoms with Crippen LogP contribution in [0, 0.1) is 0 Å². The van der Waals surface area contributed by atoms with Crippen molar-refractivity contribution in [2.75, 3.05) is 35.0 Å². The van der Waals surface area contributed by atoms with E-state index in [4.69, 9.17) is 18.9 Å². The zero-order chi connectivity index (χ0) is 26.6. The molecule has 6 nitrogen and oxygen atoms in total. The van der Waals surface area contributed by atoms with Crippen LogP contribution in [-0.4, -0.2) is 45.8 Å². The van der Waals surface area contributed by atoms with E-state index in [1.807, 2.05) is 77.7 Å². The Morgan fingerprint density at radius 1 is 0.684 bits per heavy atom. The summed E-state index contributed by atoms with van der Waals surface area (Å²) in [6.45, 7) is 0.556. The summed E-state index contributed by atoms with van der Waals surface area (Å²) < 4.78 is 22.3. The number of hydrogen-bond donors (Lipinski definition) is 0. The fourth-order valence-electron chi connectivity index (χ4n) is 5.15. The highest BCUT2D eigenvalue weighted by atomic mass is 16.5. The number of fused-ring (bicyclic) bond motifs is 1. The minimum atomic E-state index is -0.348. The Morgan fingerprint density at radius 2 is 1.29 bits per heavy atom. The van der Waals surface area contributed by atoms with Crippen LogP contribution < -0.4 is 18.9 Å². The van der Waals surface area contributed by atoms with E-state index < -0.39 is 0 Å². The predicted octanol–water partition coefficient (Wildman–Crippen LogP) is 6.18. The van der Waals surface area contributed by atoms with E-state index in [0.29, 0.717) is 41.5 Å². The summed E-state index contributed by atoms with van der Waals surface area (Å²) in [5, 5.41) is 0. The van der Waals surface area contributed by atoms with Crippen LogP contribution in [0.25, 0.3) is 11.1 Å². The Bertz CT molecular complexity index is 1430. The van der Waals surface area contributed by atoms with Crippen molar-refractivity contribution in [3.63, 3.8) is 0 Å². The number of carbonyl (C=O) groups excluding carboxylic acids is 1. The summed E-state index contributed by atoms with van der Waals surface area (Å²) in [6, 6.07) is 27.4. The average molecular weight is 510 g/mol. The molecule has 0 saturated carbocycles. The third kappa shape index (κ3) is 4.65. The molecule has 0 saturated heterocycles. The number of rotatable bonds is 7. The molecule has 0 aromatic heterocycles. The van der Waals surface area contributed by atoms with Gasteiger partial charge in [0.2, 0.25) is 0 Å². The lowest BCUT2D eigenvalue weighted by Crippen LogP contribution is -2.40. The van der Waals surface area contributed by atoms with Gasteiger partial charge in [0, 0.05) is 12.1 Å². The number of amides is 1. The van der Waals surface area contributed by atoms with Crippen LogP contribution in [0.3, 0.4) is 0 Å². The van der Waals surface area contributed by atoms with E-state index in [2.05, 4.69) is 12.1 Å². The molecule has 1 aliphatic rings. The highest BCUT2D eigenvalue weighted by molar-refractivity contribution is 5.95. The molecule has 0 bridgehead atoms. The van der Waals surface area contributed by atoms with Crippen molar-refractivity contribution in [2.45, 2.75) is 12.5 Å². The molecule has 38 heavy (non-hydrogen) atoms. The van der Waals surface area contributed by atoms with Crippen molar-refractivity contribution in [3.8, 4) is 34.1 Å². The van der Waals surface area contributed by atoms with Crippen LogP contribution in [-0.2, 0) is 6.42 Å². The number of benzene rings is 4. The third-order valence-electron chi connectivity index (χ3n) is 7.10. The first-order chi connectivity index (χ1) is 18.6. The smallest absolute Gasteiger partial charge is 0.254 e. The molecule has 0 aliphatic carbocycles. The fourth-order valence-corrected chi connectivity index (χ4v) is 5.15. The van der Waals surface area contributed by atoms with Gasteiger partial charge in [0.05, 0.1) is 34.5 Å². The standard InChI is InChI=1S/C32H31NO5/c1-35-27-15-14-25(19-28(27)36-2)31-26-20-30(38-4)29(37-3)18-24(26)16-17-33(31)32(34)23-12-10-22(11-13-23)21-8-6-5-7-9-21/h5-15,18-20,31H,16-17H2,1-4H3/t31-/m0/s1. The Hall–Kier alpha value is -4.45. The molecule has 0 spiro atoms. The lowest BCUT2D eigenvalue weighted by atomic mass is 9.87. The van der Waals surface area contributed by atoms with Crippen LogP contribution in [0.2, 0.25) is 0 Å². The third-order valence-corrected chi connectivity index (χ3v) is 7.10. The molecule has 1 amide bonds. The maximum Gasteiger partial charge on any atom is 0.254 e. The van der Waals surface area contributed by atoms with Gasteiger partial charge in [0.1, 0.15) is 0 Å². The molecule has 1 aliphatic heterocycles. The molecular weight excluding hydrogens is 478 g/mol. The van der Waals surface area contributed by atoms with Crippen molar-refractivity contribution in [3.05, 3.63) is 107 Å². The molecule has 1 atom stereocenters. The van der Waals surface area contributed by atoms with Crippen LogP contribution in [0.1, 0.15) is 33.1 Å². The molecule has 0 unspecified atom stereocenters. The summed E-state index contributed by atoms with van der Waals surface area (Å²) in [7, 11) is 6.48. The Kier molecular flexibility index (Phi) is 7.22. The highest BCUT2D eigenvalue weighted by Gasteiger charge is 2.34. The van der Waals surface area contributed by atoms with Crippen molar-refractivity contribution < 1.29 is 23.7 Å². The molecule has 1 heterocycles. The Labute approximate surface area is 223 Å². The quantitative estimate of drug-likeness (QED) is 0.298. The topological polar surface area (TPSA) is 57.2 Å². The van der Waals surface area contributed by atoms with Gasteiger partial charge in [-0.1, -0.05) is 48.5 Å². The van der Waals surface area contributed by atoms with Gasteiger partial charge in [0.25, 0.3) is 5.91 Å². The molecule has 194 valence electrons. The molecule has 0 radical (unpaired) electrons. The predicted molar refractivity (Wildman–Crippen MR) is 148 cm³/mol. The first kappa shape index (κ1) is 25.2. The first-order valence-electron chi connectivity index (χ1n) is 12.5. The Balaban J connectivity index is 1.58. The number of hydrogen-bond acceptors (Lipinski definition) is 5. The van der Waals surface area contributed by atoms with Crippen molar-refractivity contribution in [1.29, 1.82) is 0 Å². The molecule has 4 aromatic carbocycles. The van der Waals surface area contributed by atoms with Crippen LogP contribution in [0.5, 0.6) is 23.0 Å². The van der Waals surface area contributed by atoms with Gasteiger partial charge in [-0.2, -0.15) is 0 Å². The zero-order valence-corrected chi connectivity index (χ0v) is 22.1. The van der Waals surface area contributed by atoms with Crippen molar-refractivity contribution in [2.24, 2.45) is 0 Å². The number of nitrogens with zero attached hydrogens (tertiary/aromatic N) is 1. The monoisotopic (exact) mass is 509 g/mol. The van der Waals surface area contributed by atoms with E-state index in [1.165, 1.54) is 0 Å². The molecule has 0 N–H and O–H groups in total. The number of carbonyl (C=O) groups is 1. The molecule has 0 fully saturated rings. The maximum atomic E-state index is 14.0. The van der Waals surface area contributed by atoms with Gasteiger partial charge in [-0.05, 0) is 70.6 Å². The largest absolute Gasteiger partial charge is 0.493 e. The fraction of sp³-hybridized carbons (Fsp3) is 0.219. The minimum absolute atomic E-state index is 0.0372. The van der Waals surface area contributed by atoms with Crippen molar-refractivity contribution in [1.82, 2.24) is 4.90 Å². The summed E-state index contributed by atoms with van der Waals surface area (Å²) in [5.41, 5.74) is 5.85.